The van der Waals surface area contributed by atoms with E-state index in [1.54, 1.807) is 0 Å². The van der Waals surface area contributed by atoms with Crippen LogP contribution < -0.4 is 0 Å². The number of epoxide rings is 1. The molecule has 1 saturated heterocycles. The number of ether oxygens (including phenoxy) is 1. The van der Waals surface area contributed by atoms with Crippen molar-refractivity contribution in [2.45, 2.75) is 12.2 Å². The Kier molecular flexibility index (Phi) is 2.49. The van der Waals surface area contributed by atoms with Crippen LogP contribution in [0, 0.1) is 0 Å². The Morgan fingerprint density at radius 3 is 1.09 bits per heavy atom. The lowest BCUT2D eigenvalue weighted by Gasteiger charge is -1.78. The van der Waals surface area contributed by atoms with Crippen LogP contribution in [0.4, 0.5) is 31.1 Å². The minimum absolute atomic E-state index is 2.62. The van der Waals surface area contributed by atoms with Gasteiger partial charge < -0.3 is 0 Å². The molecule has 0 aromatic carbocycles. The Labute approximate surface area is 55.7 Å². The van der Waals surface area contributed by atoms with E-state index in [-0.39, 0.29) is 0 Å². The van der Waals surface area contributed by atoms with Gasteiger partial charge in [0.05, 0.1) is 0 Å². The van der Waals surface area contributed by atoms with Crippen LogP contribution in [0.5, 0.6) is 0 Å². The topological polar surface area (TPSA) is 29.6 Å². The molecule has 0 radical (unpaired) electrons. The van der Waals surface area contributed by atoms with Gasteiger partial charge in [-0.05, 0) is 0 Å². The first-order chi connectivity index (χ1) is 4.69. The lowest BCUT2D eigenvalue weighted by Crippen LogP contribution is -2.02. The fourth-order valence-electron chi connectivity index (χ4n) is 0.135. The van der Waals surface area contributed by atoms with E-state index in [2.05, 4.69) is 4.74 Å². The van der Waals surface area contributed by atoms with Crippen molar-refractivity contribution in [1.82, 2.24) is 0 Å². The molecule has 2 nitrogen and oxygen atoms in total. The Bertz CT molecular complexity index is 149. The number of alkyl halides is 4. The second-order valence-electron chi connectivity index (χ2n) is 1.36. The molecule has 0 bridgehead atoms. The maximum Gasteiger partial charge on any atom is 0.483 e. The standard InChI is InChI=1S/C2F4O.CF2O/c3-1(4)2(5,6)7-1;2-1(3)4. The average Bonchev–Trinajstić information content (AvgIpc) is 1.98. The molecular weight excluding hydrogens is 182 g/mol. The van der Waals surface area contributed by atoms with Gasteiger partial charge in [0.25, 0.3) is 0 Å². The summed E-state index contributed by atoms with van der Waals surface area (Å²) in [5, 5.41) is 0. The summed E-state index contributed by atoms with van der Waals surface area (Å²) < 4.78 is 65.8. The smallest absolute Gasteiger partial charge is 0.241 e. The molecule has 0 amide bonds. The molecule has 8 heteroatoms. The lowest BCUT2D eigenvalue weighted by atomic mass is 10.8. The number of hydrogen-bond acceptors (Lipinski definition) is 2. The molecule has 0 aliphatic carbocycles. The van der Waals surface area contributed by atoms with Crippen molar-refractivity contribution in [3.63, 3.8) is 0 Å². The van der Waals surface area contributed by atoms with Gasteiger partial charge in [-0.15, -0.1) is 8.78 Å². The fraction of sp³-hybridized carbons (Fsp3) is 0.667. The molecule has 0 unspecified atom stereocenters. The molecule has 1 aliphatic heterocycles. The Hall–Kier alpha value is -0.790. The Morgan fingerprint density at radius 1 is 1.00 bits per heavy atom. The van der Waals surface area contributed by atoms with Gasteiger partial charge in [0.15, 0.2) is 0 Å². The molecule has 1 heterocycles. The summed E-state index contributed by atoms with van der Waals surface area (Å²) in [6, 6.07) is 0. The van der Waals surface area contributed by atoms with Crippen molar-refractivity contribution in [2.75, 3.05) is 0 Å². The Balaban J connectivity index is 0.000000218. The first-order valence-corrected chi connectivity index (χ1v) is 2.00. The van der Waals surface area contributed by atoms with E-state index in [0.29, 0.717) is 0 Å². The summed E-state index contributed by atoms with van der Waals surface area (Å²) in [7, 11) is 0. The van der Waals surface area contributed by atoms with Gasteiger partial charge in [-0.3, -0.25) is 0 Å². The van der Waals surface area contributed by atoms with Gasteiger partial charge >= 0.3 is 18.5 Å². The third-order valence-electron chi connectivity index (χ3n) is 0.554. The lowest BCUT2D eigenvalue weighted by molar-refractivity contribution is -0.0278. The molecule has 66 valence electrons. The van der Waals surface area contributed by atoms with Crippen molar-refractivity contribution >= 4 is 6.29 Å². The fourth-order valence-corrected chi connectivity index (χ4v) is 0.135. The number of rotatable bonds is 0. The van der Waals surface area contributed by atoms with Crippen molar-refractivity contribution in [3.8, 4) is 0 Å². The van der Waals surface area contributed by atoms with Crippen LogP contribution in [0.2, 0.25) is 0 Å². The summed E-state index contributed by atoms with van der Waals surface area (Å²) >= 11 is 0. The maximum absolute atomic E-state index is 10.9. The van der Waals surface area contributed by atoms with E-state index in [1.165, 1.54) is 0 Å². The van der Waals surface area contributed by atoms with Gasteiger partial charge in [0, 0.05) is 0 Å². The van der Waals surface area contributed by atoms with Crippen LogP contribution in [0.15, 0.2) is 0 Å². The van der Waals surface area contributed by atoms with Gasteiger partial charge in [-0.2, -0.15) is 17.6 Å². The van der Waals surface area contributed by atoms with E-state index >= 15 is 0 Å². The van der Waals surface area contributed by atoms with Crippen LogP contribution in [0.25, 0.3) is 0 Å². The van der Waals surface area contributed by atoms with Crippen molar-refractivity contribution in [3.05, 3.63) is 0 Å². The predicted molar refractivity (Wildman–Crippen MR) is 18.6 cm³/mol. The monoisotopic (exact) mass is 182 g/mol. The first-order valence-electron chi connectivity index (χ1n) is 2.00. The van der Waals surface area contributed by atoms with Crippen LogP contribution >= 0.6 is 0 Å². The minimum Gasteiger partial charge on any atom is -0.241 e. The van der Waals surface area contributed by atoms with Crippen molar-refractivity contribution < 1.29 is 35.9 Å². The van der Waals surface area contributed by atoms with Crippen LogP contribution in [-0.2, 0) is 4.74 Å². The molecule has 11 heavy (non-hydrogen) atoms. The summed E-state index contributed by atoms with van der Waals surface area (Å²) in [5.74, 6) is 0. The summed E-state index contributed by atoms with van der Waals surface area (Å²) in [5.41, 5.74) is 0. The molecule has 0 saturated carbocycles. The highest BCUT2D eigenvalue weighted by atomic mass is 19.4. The van der Waals surface area contributed by atoms with Gasteiger partial charge in [-0.25, -0.2) is 9.53 Å². The molecule has 0 N–H and O–H groups in total. The zero-order valence-corrected chi connectivity index (χ0v) is 4.58. The van der Waals surface area contributed by atoms with E-state index in [1.807, 2.05) is 0 Å². The third kappa shape index (κ3) is 3.21. The van der Waals surface area contributed by atoms with Crippen LogP contribution in [-0.4, -0.2) is 18.5 Å². The largest absolute Gasteiger partial charge is 0.483 e. The SMILES string of the molecule is FC1(F)OC1(F)F.O=C(F)F. The van der Waals surface area contributed by atoms with E-state index < -0.39 is 18.5 Å². The predicted octanol–water partition coefficient (Wildman–Crippen LogP) is 2.25. The number of hydrogen-bond donors (Lipinski definition) is 0. The molecule has 0 atom stereocenters. The molecule has 1 aliphatic rings. The number of halogens is 6. The van der Waals surface area contributed by atoms with Crippen LogP contribution in [0.3, 0.4) is 0 Å². The van der Waals surface area contributed by atoms with Crippen molar-refractivity contribution in [2.24, 2.45) is 0 Å². The second kappa shape index (κ2) is 2.68. The summed E-state index contributed by atoms with van der Waals surface area (Å²) in [4.78, 5) is 8.11. The highest BCUT2D eigenvalue weighted by Gasteiger charge is 2.79. The van der Waals surface area contributed by atoms with E-state index in [9.17, 15) is 26.3 Å². The van der Waals surface area contributed by atoms with E-state index in [0.717, 1.165) is 0 Å². The molecule has 0 aromatic heterocycles. The van der Waals surface area contributed by atoms with Gasteiger partial charge in [0.2, 0.25) is 0 Å². The van der Waals surface area contributed by atoms with Crippen molar-refractivity contribution in [1.29, 1.82) is 0 Å². The molecule has 1 rings (SSSR count). The van der Waals surface area contributed by atoms with Gasteiger partial charge in [0.1, 0.15) is 0 Å². The second-order valence-corrected chi connectivity index (χ2v) is 1.36. The zero-order valence-electron chi connectivity index (χ0n) is 4.58. The molecule has 0 spiro atoms. The molecule has 0 aromatic rings. The number of carbonyl (C=O) groups excluding carboxylic acids is 1. The Morgan fingerprint density at radius 2 is 1.09 bits per heavy atom. The first kappa shape index (κ1) is 10.2. The molecule has 1 fully saturated rings. The summed E-state index contributed by atoms with van der Waals surface area (Å²) in [6.45, 7) is 0. The maximum atomic E-state index is 10.9. The third-order valence-corrected chi connectivity index (χ3v) is 0.554. The number of carbonyl (C=O) groups is 1. The molecular formula is C3F6O2. The van der Waals surface area contributed by atoms with E-state index in [4.69, 9.17) is 4.79 Å². The highest BCUT2D eigenvalue weighted by Crippen LogP contribution is 2.52. The quantitative estimate of drug-likeness (QED) is 0.326. The normalized spacial score (nSPS) is 23.1. The average molecular weight is 182 g/mol. The minimum atomic E-state index is -4.19. The highest BCUT2D eigenvalue weighted by molar-refractivity contribution is 5.55. The van der Waals surface area contributed by atoms with Gasteiger partial charge in [-0.1, -0.05) is 0 Å². The summed E-state index contributed by atoms with van der Waals surface area (Å²) in [6.07, 6.45) is -11.2. The zero-order chi connectivity index (χ0) is 9.28. The van der Waals surface area contributed by atoms with Crippen LogP contribution in [0.1, 0.15) is 0 Å².